The molecule has 4 rings (SSSR count). The second kappa shape index (κ2) is 4.38. The summed E-state index contributed by atoms with van der Waals surface area (Å²) in [5.74, 6) is 0.623. The van der Waals surface area contributed by atoms with Gasteiger partial charge in [0.2, 0.25) is 0 Å². The van der Waals surface area contributed by atoms with Gasteiger partial charge < -0.3 is 4.57 Å². The Bertz CT molecular complexity index is 885. The van der Waals surface area contributed by atoms with Crippen molar-refractivity contribution in [1.29, 1.82) is 0 Å². The smallest absolute Gasteiger partial charge is 0.0540 e. The van der Waals surface area contributed by atoms with Gasteiger partial charge in [0.1, 0.15) is 0 Å². The van der Waals surface area contributed by atoms with Crippen LogP contribution in [0.3, 0.4) is 0 Å². The van der Waals surface area contributed by atoms with Crippen LogP contribution in [0, 0.1) is 5.92 Å². The van der Waals surface area contributed by atoms with Crippen molar-refractivity contribution in [3.63, 3.8) is 0 Å². The van der Waals surface area contributed by atoms with Gasteiger partial charge in [-0.3, -0.25) is 0 Å². The van der Waals surface area contributed by atoms with Crippen molar-refractivity contribution >= 4 is 23.1 Å². The monoisotopic (exact) mass is 259 g/mol. The lowest BCUT2D eigenvalue weighted by Crippen LogP contribution is -2.31. The standard InChI is InChI=1S/C19H17N/c1-14-11-12-19-17(13-14)16-9-5-6-10-18(16)20(19)15-7-3-2-4-8-15/h2-10,12-14H,11H2,1H3. The van der Waals surface area contributed by atoms with E-state index in [2.05, 4.69) is 78.2 Å². The Labute approximate surface area is 118 Å². The maximum absolute atomic E-state index is 2.41. The van der Waals surface area contributed by atoms with Crippen molar-refractivity contribution < 1.29 is 0 Å². The average Bonchev–Trinajstić information content (AvgIpc) is 2.82. The van der Waals surface area contributed by atoms with Gasteiger partial charge in [0.15, 0.2) is 0 Å². The molecule has 0 saturated heterocycles. The van der Waals surface area contributed by atoms with Crippen LogP contribution in [0.1, 0.15) is 13.3 Å². The zero-order valence-corrected chi connectivity index (χ0v) is 11.6. The summed E-state index contributed by atoms with van der Waals surface area (Å²) in [4.78, 5) is 0. The second-order valence-corrected chi connectivity index (χ2v) is 5.57. The normalized spacial score (nSPS) is 17.4. The summed E-state index contributed by atoms with van der Waals surface area (Å²) < 4.78 is 2.38. The molecule has 3 aromatic rings. The van der Waals surface area contributed by atoms with Crippen LogP contribution in [0.4, 0.5) is 0 Å². The largest absolute Gasteiger partial charge is 0.310 e. The first-order valence-electron chi connectivity index (χ1n) is 7.21. The molecule has 0 radical (unpaired) electrons. The molecule has 1 unspecified atom stereocenters. The van der Waals surface area contributed by atoms with E-state index in [1.54, 1.807) is 0 Å². The molecule has 1 nitrogen and oxygen atoms in total. The van der Waals surface area contributed by atoms with Crippen molar-refractivity contribution in [3.05, 3.63) is 65.2 Å². The quantitative estimate of drug-likeness (QED) is 0.632. The third-order valence-electron chi connectivity index (χ3n) is 4.10. The van der Waals surface area contributed by atoms with Crippen LogP contribution in [0.25, 0.3) is 28.7 Å². The highest BCUT2D eigenvalue weighted by Crippen LogP contribution is 2.17. The number of hydrogen-bond donors (Lipinski definition) is 0. The lowest BCUT2D eigenvalue weighted by atomic mass is 10.0. The van der Waals surface area contributed by atoms with E-state index >= 15 is 0 Å². The zero-order valence-electron chi connectivity index (χ0n) is 11.6. The van der Waals surface area contributed by atoms with E-state index in [4.69, 9.17) is 0 Å². The molecule has 0 N–H and O–H groups in total. The van der Waals surface area contributed by atoms with E-state index in [1.807, 2.05) is 0 Å². The van der Waals surface area contributed by atoms with Gasteiger partial charge in [0.05, 0.1) is 5.52 Å². The summed E-state index contributed by atoms with van der Waals surface area (Å²) in [6.07, 6.45) is 5.92. The minimum atomic E-state index is 0.623. The summed E-state index contributed by atoms with van der Waals surface area (Å²) in [7, 11) is 0. The van der Waals surface area contributed by atoms with Gasteiger partial charge >= 0.3 is 0 Å². The molecule has 2 aromatic carbocycles. The van der Waals surface area contributed by atoms with E-state index in [9.17, 15) is 0 Å². The van der Waals surface area contributed by atoms with Gasteiger partial charge in [0.25, 0.3) is 0 Å². The molecule has 0 amide bonds. The van der Waals surface area contributed by atoms with Crippen molar-refractivity contribution in [3.8, 4) is 5.69 Å². The zero-order chi connectivity index (χ0) is 13.5. The number of nitrogens with zero attached hydrogens (tertiary/aromatic N) is 1. The van der Waals surface area contributed by atoms with Crippen LogP contribution in [0.15, 0.2) is 54.6 Å². The van der Waals surface area contributed by atoms with Crippen LogP contribution in [0.2, 0.25) is 0 Å². The van der Waals surface area contributed by atoms with Gasteiger partial charge in [-0.25, -0.2) is 0 Å². The van der Waals surface area contributed by atoms with Gasteiger partial charge in [-0.1, -0.05) is 55.5 Å². The van der Waals surface area contributed by atoms with E-state index in [1.165, 1.54) is 27.2 Å². The Hall–Kier alpha value is -2.28. The molecule has 1 heteroatoms. The molecule has 0 bridgehead atoms. The molecule has 98 valence electrons. The molecular formula is C19H17N. The number of aromatic nitrogens is 1. The van der Waals surface area contributed by atoms with Crippen LogP contribution in [-0.4, -0.2) is 4.57 Å². The summed E-state index contributed by atoms with van der Waals surface area (Å²) >= 11 is 0. The molecule has 0 saturated carbocycles. The first-order valence-corrected chi connectivity index (χ1v) is 7.21. The second-order valence-electron chi connectivity index (χ2n) is 5.57. The molecule has 1 aliphatic rings. The van der Waals surface area contributed by atoms with Gasteiger partial charge in [0, 0.05) is 21.6 Å². The van der Waals surface area contributed by atoms with Crippen LogP contribution < -0.4 is 10.6 Å². The maximum atomic E-state index is 2.41. The number of fused-ring (bicyclic) bond motifs is 3. The van der Waals surface area contributed by atoms with E-state index < -0.39 is 0 Å². The first kappa shape index (κ1) is 11.5. The highest BCUT2D eigenvalue weighted by Gasteiger charge is 2.12. The maximum Gasteiger partial charge on any atom is 0.0540 e. The minimum Gasteiger partial charge on any atom is -0.310 e. The van der Waals surface area contributed by atoms with Crippen LogP contribution in [-0.2, 0) is 0 Å². The summed E-state index contributed by atoms with van der Waals surface area (Å²) in [6.45, 7) is 2.29. The number of hydrogen-bond acceptors (Lipinski definition) is 0. The van der Waals surface area contributed by atoms with Gasteiger partial charge in [-0.05, 0) is 30.5 Å². The SMILES string of the molecule is CC1C=c2c(n(-c3ccccc3)c3ccccc23)=CC1. The molecule has 20 heavy (non-hydrogen) atoms. The Kier molecular flexibility index (Phi) is 2.53. The van der Waals surface area contributed by atoms with Gasteiger partial charge in [-0.2, -0.15) is 0 Å². The van der Waals surface area contributed by atoms with Gasteiger partial charge in [-0.15, -0.1) is 0 Å². The highest BCUT2D eigenvalue weighted by atomic mass is 15.0. The van der Waals surface area contributed by atoms with Crippen LogP contribution in [0.5, 0.6) is 0 Å². The lowest BCUT2D eigenvalue weighted by molar-refractivity contribution is 0.795. The molecule has 0 spiro atoms. The predicted octanol–water partition coefficient (Wildman–Crippen LogP) is 3.23. The molecule has 1 aliphatic carbocycles. The number of rotatable bonds is 1. The molecular weight excluding hydrogens is 242 g/mol. The Morgan fingerprint density at radius 2 is 1.70 bits per heavy atom. The fourth-order valence-corrected chi connectivity index (χ4v) is 3.17. The Morgan fingerprint density at radius 1 is 0.950 bits per heavy atom. The minimum absolute atomic E-state index is 0.623. The van der Waals surface area contributed by atoms with Crippen LogP contribution >= 0.6 is 0 Å². The Balaban J connectivity index is 2.21. The van der Waals surface area contributed by atoms with Crippen molar-refractivity contribution in [2.45, 2.75) is 13.3 Å². The molecule has 1 atom stereocenters. The predicted molar refractivity (Wildman–Crippen MR) is 85.2 cm³/mol. The molecule has 1 heterocycles. The number of benzene rings is 2. The van der Waals surface area contributed by atoms with Crippen molar-refractivity contribution in [2.75, 3.05) is 0 Å². The summed E-state index contributed by atoms with van der Waals surface area (Å²) in [5.41, 5.74) is 2.54. The third-order valence-corrected chi connectivity index (χ3v) is 4.10. The molecule has 1 aromatic heterocycles. The van der Waals surface area contributed by atoms with Crippen molar-refractivity contribution in [1.82, 2.24) is 4.57 Å². The van der Waals surface area contributed by atoms with Crippen molar-refractivity contribution in [2.24, 2.45) is 5.92 Å². The first-order chi connectivity index (χ1) is 9.84. The lowest BCUT2D eigenvalue weighted by Gasteiger charge is -2.09. The topological polar surface area (TPSA) is 4.93 Å². The highest BCUT2D eigenvalue weighted by molar-refractivity contribution is 5.84. The van der Waals surface area contributed by atoms with E-state index in [0.717, 1.165) is 6.42 Å². The third kappa shape index (κ3) is 1.63. The summed E-state index contributed by atoms with van der Waals surface area (Å²) in [6, 6.07) is 19.3. The molecule has 0 fully saturated rings. The summed E-state index contributed by atoms with van der Waals surface area (Å²) in [5, 5.41) is 4.09. The van der Waals surface area contributed by atoms with E-state index in [0.29, 0.717) is 5.92 Å². The molecule has 0 aliphatic heterocycles. The fraction of sp³-hybridized carbons (Fsp3) is 0.158. The Morgan fingerprint density at radius 3 is 2.55 bits per heavy atom. The fourth-order valence-electron chi connectivity index (χ4n) is 3.17. The average molecular weight is 259 g/mol. The van der Waals surface area contributed by atoms with E-state index in [-0.39, 0.29) is 0 Å². The number of para-hydroxylation sites is 2.